The minimum Gasteiger partial charge on any atom is -0.335 e. The molecule has 0 radical (unpaired) electrons. The summed E-state index contributed by atoms with van der Waals surface area (Å²) in [6.07, 6.45) is 0. The summed E-state index contributed by atoms with van der Waals surface area (Å²) in [6.45, 7) is 2.77. The van der Waals surface area contributed by atoms with Gasteiger partial charge in [-0.05, 0) is 36.8 Å². The molecule has 0 spiro atoms. The zero-order valence-corrected chi connectivity index (χ0v) is 17.9. The van der Waals surface area contributed by atoms with Crippen LogP contribution in [0.2, 0.25) is 5.02 Å². The monoisotopic (exact) mass is 459 g/mol. The predicted molar refractivity (Wildman–Crippen MR) is 116 cm³/mol. The molecule has 1 aliphatic heterocycles. The van der Waals surface area contributed by atoms with Crippen molar-refractivity contribution in [1.29, 1.82) is 0 Å². The van der Waals surface area contributed by atoms with E-state index in [0.717, 1.165) is 17.7 Å². The SMILES string of the molecule is Cc1cc(NC(=O)N2CCN(Cc3cccc(Cl)c3)C(=O)C2)nn1-c1ccc(F)cc1F. The van der Waals surface area contributed by atoms with Gasteiger partial charge in [-0.25, -0.2) is 18.3 Å². The van der Waals surface area contributed by atoms with Gasteiger partial charge in [-0.15, -0.1) is 5.10 Å². The second-order valence-corrected chi connectivity index (χ2v) is 7.91. The minimum absolute atomic E-state index is 0.0641. The van der Waals surface area contributed by atoms with Crippen LogP contribution in [-0.4, -0.2) is 51.2 Å². The van der Waals surface area contributed by atoms with Crippen LogP contribution in [0.5, 0.6) is 0 Å². The molecule has 10 heteroatoms. The van der Waals surface area contributed by atoms with E-state index < -0.39 is 17.7 Å². The Morgan fingerprint density at radius 1 is 1.16 bits per heavy atom. The van der Waals surface area contributed by atoms with Gasteiger partial charge in [0.15, 0.2) is 11.6 Å². The number of urea groups is 1. The van der Waals surface area contributed by atoms with Crippen LogP contribution in [0.4, 0.5) is 19.4 Å². The second-order valence-electron chi connectivity index (χ2n) is 7.48. The van der Waals surface area contributed by atoms with Gasteiger partial charge in [0.2, 0.25) is 5.91 Å². The Labute approximate surface area is 188 Å². The lowest BCUT2D eigenvalue weighted by Crippen LogP contribution is -2.52. The highest BCUT2D eigenvalue weighted by Gasteiger charge is 2.27. The van der Waals surface area contributed by atoms with Crippen molar-refractivity contribution >= 4 is 29.4 Å². The fourth-order valence-electron chi connectivity index (χ4n) is 3.53. The quantitative estimate of drug-likeness (QED) is 0.641. The lowest BCUT2D eigenvalue weighted by Gasteiger charge is -2.34. The Bertz CT molecular complexity index is 1180. The maximum atomic E-state index is 14.1. The first-order chi connectivity index (χ1) is 15.3. The lowest BCUT2D eigenvalue weighted by atomic mass is 10.2. The van der Waals surface area contributed by atoms with Crippen LogP contribution < -0.4 is 5.32 Å². The lowest BCUT2D eigenvalue weighted by molar-refractivity contribution is -0.135. The number of benzene rings is 2. The van der Waals surface area contributed by atoms with Crippen LogP contribution in [0.3, 0.4) is 0 Å². The topological polar surface area (TPSA) is 70.5 Å². The summed E-state index contributed by atoms with van der Waals surface area (Å²) in [5.41, 5.74) is 1.53. The Morgan fingerprint density at radius 3 is 2.69 bits per heavy atom. The van der Waals surface area contributed by atoms with Gasteiger partial charge in [-0.1, -0.05) is 23.7 Å². The van der Waals surface area contributed by atoms with Gasteiger partial charge in [-0.2, -0.15) is 0 Å². The molecular weight excluding hydrogens is 440 g/mol. The molecule has 2 heterocycles. The molecule has 0 aliphatic carbocycles. The van der Waals surface area contributed by atoms with Crippen LogP contribution in [0.1, 0.15) is 11.3 Å². The molecule has 1 saturated heterocycles. The number of halogens is 3. The van der Waals surface area contributed by atoms with E-state index in [2.05, 4.69) is 10.4 Å². The third-order valence-corrected chi connectivity index (χ3v) is 5.36. The minimum atomic E-state index is -0.768. The van der Waals surface area contributed by atoms with Gasteiger partial charge in [0.05, 0.1) is 0 Å². The zero-order valence-electron chi connectivity index (χ0n) is 17.2. The van der Waals surface area contributed by atoms with Crippen molar-refractivity contribution in [1.82, 2.24) is 19.6 Å². The largest absolute Gasteiger partial charge is 0.335 e. The molecule has 3 amide bonds. The average molecular weight is 460 g/mol. The molecule has 1 N–H and O–H groups in total. The molecule has 2 aromatic carbocycles. The summed E-state index contributed by atoms with van der Waals surface area (Å²) in [5, 5.41) is 7.43. The Hall–Kier alpha value is -3.46. The number of hydrogen-bond acceptors (Lipinski definition) is 3. The molecule has 0 saturated carbocycles. The summed E-state index contributed by atoms with van der Waals surface area (Å²) >= 11 is 6.00. The highest BCUT2D eigenvalue weighted by atomic mass is 35.5. The summed E-state index contributed by atoms with van der Waals surface area (Å²) in [7, 11) is 0. The second kappa shape index (κ2) is 8.96. The van der Waals surface area contributed by atoms with E-state index in [0.29, 0.717) is 30.4 Å². The van der Waals surface area contributed by atoms with Gasteiger partial charge in [0, 0.05) is 42.5 Å². The number of anilines is 1. The van der Waals surface area contributed by atoms with Crippen molar-refractivity contribution < 1.29 is 18.4 Å². The maximum absolute atomic E-state index is 14.1. The number of amides is 3. The summed E-state index contributed by atoms with van der Waals surface area (Å²) in [5.74, 6) is -1.44. The number of nitrogens with one attached hydrogen (secondary N) is 1. The van der Waals surface area contributed by atoms with E-state index in [1.807, 2.05) is 12.1 Å². The third-order valence-electron chi connectivity index (χ3n) is 5.13. The van der Waals surface area contributed by atoms with Gasteiger partial charge in [0.1, 0.15) is 18.0 Å². The third kappa shape index (κ3) is 4.72. The van der Waals surface area contributed by atoms with Crippen molar-refractivity contribution in [2.24, 2.45) is 0 Å². The van der Waals surface area contributed by atoms with Crippen LogP contribution in [0, 0.1) is 18.6 Å². The molecule has 166 valence electrons. The number of carbonyl (C=O) groups excluding carboxylic acids is 2. The van der Waals surface area contributed by atoms with E-state index >= 15 is 0 Å². The van der Waals surface area contributed by atoms with Gasteiger partial charge >= 0.3 is 6.03 Å². The molecule has 4 rings (SSSR count). The average Bonchev–Trinajstić information content (AvgIpc) is 3.09. The van der Waals surface area contributed by atoms with Crippen molar-refractivity contribution in [2.75, 3.05) is 25.0 Å². The van der Waals surface area contributed by atoms with E-state index in [4.69, 9.17) is 11.6 Å². The number of hydrogen-bond donors (Lipinski definition) is 1. The highest BCUT2D eigenvalue weighted by Crippen LogP contribution is 2.20. The number of rotatable bonds is 4. The molecule has 32 heavy (non-hydrogen) atoms. The normalized spacial score (nSPS) is 14.1. The van der Waals surface area contributed by atoms with Gasteiger partial charge in [0.25, 0.3) is 0 Å². The predicted octanol–water partition coefficient (Wildman–Crippen LogP) is 3.99. The highest BCUT2D eigenvalue weighted by molar-refractivity contribution is 6.30. The van der Waals surface area contributed by atoms with E-state index in [1.165, 1.54) is 15.6 Å². The fourth-order valence-corrected chi connectivity index (χ4v) is 3.74. The zero-order chi connectivity index (χ0) is 22.8. The Balaban J connectivity index is 1.39. The summed E-state index contributed by atoms with van der Waals surface area (Å²) in [4.78, 5) is 28.2. The molecule has 3 aromatic rings. The molecule has 1 aliphatic rings. The molecule has 0 atom stereocenters. The van der Waals surface area contributed by atoms with Crippen LogP contribution in [0.25, 0.3) is 5.69 Å². The van der Waals surface area contributed by atoms with Crippen LogP contribution in [0.15, 0.2) is 48.5 Å². The Morgan fingerprint density at radius 2 is 1.97 bits per heavy atom. The van der Waals surface area contributed by atoms with Crippen molar-refractivity contribution in [3.05, 3.63) is 76.4 Å². The standard InChI is InChI=1S/C22H20ClF2N5O2/c1-14-9-20(27-30(14)19-6-5-17(24)11-18(19)25)26-22(32)29-8-7-28(21(31)13-29)12-15-3-2-4-16(23)10-15/h2-6,9-11H,7-8,12-13H2,1H3,(H,26,27,32). The molecule has 1 fully saturated rings. The maximum Gasteiger partial charge on any atom is 0.323 e. The van der Waals surface area contributed by atoms with Crippen molar-refractivity contribution in [2.45, 2.75) is 13.5 Å². The molecule has 0 unspecified atom stereocenters. The first-order valence-electron chi connectivity index (χ1n) is 9.90. The summed E-state index contributed by atoms with van der Waals surface area (Å²) < 4.78 is 28.5. The smallest absolute Gasteiger partial charge is 0.323 e. The first-order valence-corrected chi connectivity index (χ1v) is 10.3. The molecule has 7 nitrogen and oxygen atoms in total. The van der Waals surface area contributed by atoms with Crippen LogP contribution in [-0.2, 0) is 11.3 Å². The fraction of sp³-hybridized carbons (Fsp3) is 0.227. The number of aryl methyl sites for hydroxylation is 1. The molecule has 0 bridgehead atoms. The van der Waals surface area contributed by atoms with Gasteiger partial charge < -0.3 is 9.80 Å². The van der Waals surface area contributed by atoms with Crippen molar-refractivity contribution in [3.63, 3.8) is 0 Å². The number of aromatic nitrogens is 2. The number of piperazine rings is 1. The molecular formula is C22H20ClF2N5O2. The first kappa shape index (κ1) is 21.8. The van der Waals surface area contributed by atoms with E-state index in [-0.39, 0.29) is 24.0 Å². The molecule has 1 aromatic heterocycles. The van der Waals surface area contributed by atoms with E-state index in [9.17, 15) is 18.4 Å². The number of nitrogens with zero attached hydrogens (tertiary/aromatic N) is 4. The Kier molecular flexibility index (Phi) is 6.09. The van der Waals surface area contributed by atoms with E-state index in [1.54, 1.807) is 30.0 Å². The summed E-state index contributed by atoms with van der Waals surface area (Å²) in [6, 6.07) is 11.5. The van der Waals surface area contributed by atoms with Crippen molar-refractivity contribution in [3.8, 4) is 5.69 Å². The van der Waals surface area contributed by atoms with Crippen LogP contribution >= 0.6 is 11.6 Å². The van der Waals surface area contributed by atoms with Gasteiger partial charge in [-0.3, -0.25) is 10.1 Å². The number of carbonyl (C=O) groups is 2.